The van der Waals surface area contributed by atoms with Crippen LogP contribution < -0.4 is 11.1 Å². The Morgan fingerprint density at radius 2 is 1.83 bits per heavy atom. The number of rotatable bonds is 4. The third kappa shape index (κ3) is 5.81. The summed E-state index contributed by atoms with van der Waals surface area (Å²) in [6.07, 6.45) is 0. The van der Waals surface area contributed by atoms with Crippen LogP contribution in [0, 0.1) is 13.8 Å². The van der Waals surface area contributed by atoms with Gasteiger partial charge in [-0.15, -0.1) is 24.0 Å². The molecule has 0 fully saturated rings. The summed E-state index contributed by atoms with van der Waals surface area (Å²) in [7, 11) is 0. The van der Waals surface area contributed by atoms with Crippen LogP contribution in [0.2, 0.25) is 0 Å². The molecule has 1 heterocycles. The first-order valence-corrected chi connectivity index (χ1v) is 7.91. The van der Waals surface area contributed by atoms with Crippen LogP contribution in [-0.2, 0) is 13.1 Å². The van der Waals surface area contributed by atoms with Crippen LogP contribution in [0.4, 0.5) is 0 Å². The van der Waals surface area contributed by atoms with Gasteiger partial charge in [-0.1, -0.05) is 30.3 Å². The summed E-state index contributed by atoms with van der Waals surface area (Å²) >= 11 is 0. The van der Waals surface area contributed by atoms with Crippen LogP contribution in [0.3, 0.4) is 0 Å². The number of aliphatic imine (C=N–C) groups is 1. The SMILES string of the molecule is Cc1nn(Cc2ccccc2)c(C)c1CN=C(N)NC(C)(C)C.I. The zero-order valence-electron chi connectivity index (χ0n) is 15.1. The molecule has 0 radical (unpaired) electrons. The Morgan fingerprint density at radius 1 is 1.21 bits per heavy atom. The Labute approximate surface area is 161 Å². The quantitative estimate of drug-likeness (QED) is 0.435. The number of guanidine groups is 1. The van der Waals surface area contributed by atoms with Crippen molar-refractivity contribution in [2.75, 3.05) is 0 Å². The average Bonchev–Trinajstić information content (AvgIpc) is 2.71. The molecule has 0 bridgehead atoms. The van der Waals surface area contributed by atoms with Crippen molar-refractivity contribution in [3.63, 3.8) is 0 Å². The van der Waals surface area contributed by atoms with Crippen molar-refractivity contribution in [1.29, 1.82) is 0 Å². The first-order chi connectivity index (χ1) is 10.8. The van der Waals surface area contributed by atoms with E-state index >= 15 is 0 Å². The topological polar surface area (TPSA) is 68.2 Å². The van der Waals surface area contributed by atoms with Crippen LogP contribution in [0.5, 0.6) is 0 Å². The maximum absolute atomic E-state index is 5.95. The molecule has 0 amide bonds. The lowest BCUT2D eigenvalue weighted by molar-refractivity contribution is 0.508. The summed E-state index contributed by atoms with van der Waals surface area (Å²) in [5, 5.41) is 7.82. The maximum atomic E-state index is 5.95. The van der Waals surface area contributed by atoms with Crippen molar-refractivity contribution in [3.05, 3.63) is 52.8 Å². The molecule has 1 aromatic carbocycles. The van der Waals surface area contributed by atoms with Gasteiger partial charge in [0.1, 0.15) is 0 Å². The number of halogens is 1. The van der Waals surface area contributed by atoms with Gasteiger partial charge >= 0.3 is 0 Å². The Bertz CT molecular complexity index is 683. The molecule has 0 aliphatic heterocycles. The summed E-state index contributed by atoms with van der Waals surface area (Å²) in [6.45, 7) is 11.6. The fourth-order valence-corrected chi connectivity index (χ4v) is 2.46. The highest BCUT2D eigenvalue weighted by molar-refractivity contribution is 14.0. The second-order valence-electron chi connectivity index (χ2n) is 6.87. The number of aromatic nitrogens is 2. The molecule has 1 aromatic heterocycles. The lowest BCUT2D eigenvalue weighted by Gasteiger charge is -2.21. The molecule has 0 saturated heterocycles. The van der Waals surface area contributed by atoms with Crippen LogP contribution in [0.15, 0.2) is 35.3 Å². The van der Waals surface area contributed by atoms with Gasteiger partial charge in [0.15, 0.2) is 5.96 Å². The summed E-state index contributed by atoms with van der Waals surface area (Å²) in [5.74, 6) is 0.465. The number of nitrogens with one attached hydrogen (secondary N) is 1. The number of nitrogens with two attached hydrogens (primary N) is 1. The van der Waals surface area contributed by atoms with E-state index < -0.39 is 0 Å². The molecule has 5 nitrogen and oxygen atoms in total. The second-order valence-corrected chi connectivity index (χ2v) is 6.87. The summed E-state index contributed by atoms with van der Waals surface area (Å²) in [5.41, 5.74) is 10.4. The van der Waals surface area contributed by atoms with E-state index in [0.29, 0.717) is 12.5 Å². The van der Waals surface area contributed by atoms with Gasteiger partial charge in [0.05, 0.1) is 18.8 Å². The Balaban J connectivity index is 0.00000288. The van der Waals surface area contributed by atoms with E-state index in [0.717, 1.165) is 23.5 Å². The van der Waals surface area contributed by atoms with Gasteiger partial charge in [-0.25, -0.2) is 4.99 Å². The first-order valence-electron chi connectivity index (χ1n) is 7.91. The van der Waals surface area contributed by atoms with Crippen molar-refractivity contribution in [3.8, 4) is 0 Å². The lowest BCUT2D eigenvalue weighted by Crippen LogP contribution is -2.45. The Kier molecular flexibility index (Phi) is 7.26. The van der Waals surface area contributed by atoms with Crippen molar-refractivity contribution < 1.29 is 0 Å². The molecular formula is C18H28IN5. The van der Waals surface area contributed by atoms with E-state index in [-0.39, 0.29) is 29.5 Å². The number of nitrogens with zero attached hydrogens (tertiary/aromatic N) is 3. The molecule has 2 aromatic rings. The van der Waals surface area contributed by atoms with Crippen LogP contribution in [-0.4, -0.2) is 21.3 Å². The third-order valence-corrected chi connectivity index (χ3v) is 3.62. The monoisotopic (exact) mass is 441 g/mol. The normalized spacial score (nSPS) is 12.0. The molecule has 0 saturated carbocycles. The van der Waals surface area contributed by atoms with Gasteiger partial charge < -0.3 is 11.1 Å². The third-order valence-electron chi connectivity index (χ3n) is 3.62. The zero-order chi connectivity index (χ0) is 17.0. The minimum Gasteiger partial charge on any atom is -0.370 e. The maximum Gasteiger partial charge on any atom is 0.189 e. The van der Waals surface area contributed by atoms with Crippen molar-refractivity contribution in [2.24, 2.45) is 10.7 Å². The molecule has 0 aliphatic rings. The lowest BCUT2D eigenvalue weighted by atomic mass is 10.1. The molecule has 24 heavy (non-hydrogen) atoms. The van der Waals surface area contributed by atoms with E-state index in [1.807, 2.05) is 29.8 Å². The highest BCUT2D eigenvalue weighted by Crippen LogP contribution is 2.16. The van der Waals surface area contributed by atoms with E-state index in [1.165, 1.54) is 5.56 Å². The van der Waals surface area contributed by atoms with Crippen molar-refractivity contribution in [1.82, 2.24) is 15.1 Å². The van der Waals surface area contributed by atoms with Crippen LogP contribution in [0.25, 0.3) is 0 Å². The fourth-order valence-electron chi connectivity index (χ4n) is 2.46. The summed E-state index contributed by atoms with van der Waals surface area (Å²) in [6, 6.07) is 10.3. The average molecular weight is 441 g/mol. The van der Waals surface area contributed by atoms with Crippen LogP contribution >= 0.6 is 24.0 Å². The molecule has 0 spiro atoms. The predicted molar refractivity (Wildman–Crippen MR) is 111 cm³/mol. The molecule has 3 N–H and O–H groups in total. The fraction of sp³-hybridized carbons (Fsp3) is 0.444. The highest BCUT2D eigenvalue weighted by Gasteiger charge is 2.13. The van der Waals surface area contributed by atoms with Crippen LogP contribution in [0.1, 0.15) is 43.3 Å². The number of hydrogen-bond acceptors (Lipinski definition) is 2. The summed E-state index contributed by atoms with van der Waals surface area (Å²) in [4.78, 5) is 4.45. The van der Waals surface area contributed by atoms with Gasteiger partial charge in [0.25, 0.3) is 0 Å². The molecule has 0 aliphatic carbocycles. The summed E-state index contributed by atoms with van der Waals surface area (Å²) < 4.78 is 2.03. The minimum atomic E-state index is -0.0881. The molecular weight excluding hydrogens is 413 g/mol. The van der Waals surface area contributed by atoms with E-state index in [4.69, 9.17) is 5.73 Å². The van der Waals surface area contributed by atoms with E-state index in [9.17, 15) is 0 Å². The second kappa shape index (κ2) is 8.50. The van der Waals surface area contributed by atoms with E-state index in [1.54, 1.807) is 0 Å². The van der Waals surface area contributed by atoms with Gasteiger partial charge in [-0.05, 0) is 40.2 Å². The highest BCUT2D eigenvalue weighted by atomic mass is 127. The van der Waals surface area contributed by atoms with Crippen molar-refractivity contribution in [2.45, 2.75) is 53.2 Å². The van der Waals surface area contributed by atoms with Gasteiger partial charge in [0.2, 0.25) is 0 Å². The number of aryl methyl sites for hydroxylation is 1. The Morgan fingerprint density at radius 3 is 2.42 bits per heavy atom. The molecule has 0 unspecified atom stereocenters. The molecule has 2 rings (SSSR count). The largest absolute Gasteiger partial charge is 0.370 e. The molecule has 0 atom stereocenters. The minimum absolute atomic E-state index is 0. The molecule has 132 valence electrons. The van der Waals surface area contributed by atoms with Crippen molar-refractivity contribution >= 4 is 29.9 Å². The number of benzene rings is 1. The molecule has 6 heteroatoms. The smallest absolute Gasteiger partial charge is 0.189 e. The standard InChI is InChI=1S/C18H27N5.HI/c1-13-16(11-20-17(19)21-18(3,4)5)14(2)23(22-13)12-15-9-7-6-8-10-15;/h6-10H,11-12H2,1-5H3,(H3,19,20,21);1H. The van der Waals surface area contributed by atoms with Gasteiger partial charge in [0, 0.05) is 16.8 Å². The number of hydrogen-bond donors (Lipinski definition) is 2. The first kappa shape index (κ1) is 20.5. The Hall–Kier alpha value is -1.57. The zero-order valence-corrected chi connectivity index (χ0v) is 17.5. The predicted octanol–water partition coefficient (Wildman–Crippen LogP) is 3.37. The van der Waals surface area contributed by atoms with Gasteiger partial charge in [-0.2, -0.15) is 5.10 Å². The van der Waals surface area contributed by atoms with E-state index in [2.05, 4.69) is 55.2 Å². The van der Waals surface area contributed by atoms with Gasteiger partial charge in [-0.3, -0.25) is 4.68 Å².